The van der Waals surface area contributed by atoms with Crippen LogP contribution in [-0.2, 0) is 5.41 Å². The average Bonchev–Trinajstić information content (AvgIpc) is 2.97. The maximum absolute atomic E-state index is 8.94. The molecular formula is C17H15N3O. The molecule has 3 rings (SSSR count). The Bertz CT molecular complexity index is 705. The molecule has 1 aromatic rings. The molecule has 1 heterocycles. The van der Waals surface area contributed by atoms with Crippen molar-refractivity contribution in [2.45, 2.75) is 5.41 Å². The summed E-state index contributed by atoms with van der Waals surface area (Å²) in [5, 5.41) is 21.0. The van der Waals surface area contributed by atoms with Crippen molar-refractivity contribution in [2.24, 2.45) is 4.99 Å². The van der Waals surface area contributed by atoms with Crippen molar-refractivity contribution < 1.29 is 5.11 Å². The van der Waals surface area contributed by atoms with Crippen LogP contribution >= 0.6 is 0 Å². The number of nitrogens with one attached hydrogen (secondary N) is 1. The van der Waals surface area contributed by atoms with Gasteiger partial charge in [0.25, 0.3) is 0 Å². The molecule has 0 radical (unpaired) electrons. The van der Waals surface area contributed by atoms with Gasteiger partial charge in [0.15, 0.2) is 0 Å². The summed E-state index contributed by atoms with van der Waals surface area (Å²) < 4.78 is 0. The summed E-state index contributed by atoms with van der Waals surface area (Å²) in [5.74, 6) is 0. The second-order valence-electron chi connectivity index (χ2n) is 5.00. The lowest BCUT2D eigenvalue weighted by molar-refractivity contribution is 0.297. The first-order valence-corrected chi connectivity index (χ1v) is 6.80. The molecule has 1 unspecified atom stereocenters. The van der Waals surface area contributed by atoms with E-state index in [1.165, 1.54) is 0 Å². The maximum Gasteiger partial charge on any atom is 0.0991 e. The van der Waals surface area contributed by atoms with Gasteiger partial charge in [-0.2, -0.15) is 5.26 Å². The van der Waals surface area contributed by atoms with E-state index in [-0.39, 0.29) is 12.0 Å². The van der Waals surface area contributed by atoms with Crippen molar-refractivity contribution in [3.8, 4) is 6.07 Å². The third kappa shape index (κ3) is 2.28. The molecule has 2 aliphatic rings. The Morgan fingerprint density at radius 2 is 2.05 bits per heavy atom. The molecule has 4 nitrogen and oxygen atoms in total. The normalized spacial score (nSPS) is 22.3. The fraction of sp³-hybridized carbons (Fsp3) is 0.176. The number of nitriles is 1. The minimum Gasteiger partial charge on any atom is -0.395 e. The summed E-state index contributed by atoms with van der Waals surface area (Å²) in [4.78, 5) is 4.31. The lowest BCUT2D eigenvalue weighted by Crippen LogP contribution is -2.30. The molecule has 1 aliphatic heterocycles. The van der Waals surface area contributed by atoms with Crippen molar-refractivity contribution in [3.63, 3.8) is 0 Å². The van der Waals surface area contributed by atoms with Gasteiger partial charge in [-0.15, -0.1) is 0 Å². The van der Waals surface area contributed by atoms with Crippen LogP contribution < -0.4 is 5.32 Å². The Balaban J connectivity index is 2.01. The zero-order valence-corrected chi connectivity index (χ0v) is 11.5. The van der Waals surface area contributed by atoms with Crippen LogP contribution in [0.25, 0.3) is 0 Å². The van der Waals surface area contributed by atoms with E-state index in [4.69, 9.17) is 10.4 Å². The van der Waals surface area contributed by atoms with Crippen LogP contribution in [0, 0.1) is 11.3 Å². The number of nitrogens with zero attached hydrogens (tertiary/aromatic N) is 2. The number of aliphatic hydroxyl groups is 1. The first-order valence-electron chi connectivity index (χ1n) is 6.80. The molecule has 2 N–H and O–H groups in total. The van der Waals surface area contributed by atoms with Crippen molar-refractivity contribution in [2.75, 3.05) is 13.2 Å². The molecule has 1 aromatic carbocycles. The number of fused-ring (bicyclic) bond motifs is 1. The molecule has 21 heavy (non-hydrogen) atoms. The third-order valence-corrected chi connectivity index (χ3v) is 3.73. The Kier molecular flexibility index (Phi) is 3.43. The Morgan fingerprint density at radius 1 is 1.24 bits per heavy atom. The van der Waals surface area contributed by atoms with Gasteiger partial charge in [-0.1, -0.05) is 18.2 Å². The van der Waals surface area contributed by atoms with Gasteiger partial charge < -0.3 is 10.4 Å². The lowest BCUT2D eigenvalue weighted by atomic mass is 9.73. The Morgan fingerprint density at radius 3 is 2.76 bits per heavy atom. The van der Waals surface area contributed by atoms with Gasteiger partial charge in [0.05, 0.1) is 23.7 Å². The van der Waals surface area contributed by atoms with Crippen LogP contribution in [0.1, 0.15) is 11.1 Å². The highest BCUT2D eigenvalue weighted by atomic mass is 16.3. The van der Waals surface area contributed by atoms with E-state index in [2.05, 4.69) is 22.5 Å². The van der Waals surface area contributed by atoms with E-state index in [1.807, 2.05) is 48.8 Å². The molecule has 1 atom stereocenters. The number of hydrogen-bond acceptors (Lipinski definition) is 4. The molecule has 0 aromatic heterocycles. The number of aliphatic imine (C=N–C) groups is 1. The Hall–Kier alpha value is -2.64. The summed E-state index contributed by atoms with van der Waals surface area (Å²) in [6, 6.07) is 9.70. The van der Waals surface area contributed by atoms with Crippen LogP contribution in [0.3, 0.4) is 0 Å². The van der Waals surface area contributed by atoms with Crippen molar-refractivity contribution in [1.82, 2.24) is 5.32 Å². The molecular weight excluding hydrogens is 262 g/mol. The summed E-state index contributed by atoms with van der Waals surface area (Å²) >= 11 is 0. The second-order valence-corrected chi connectivity index (χ2v) is 5.00. The molecule has 0 amide bonds. The molecule has 0 spiro atoms. The van der Waals surface area contributed by atoms with Crippen LogP contribution in [0.5, 0.6) is 0 Å². The first-order chi connectivity index (χ1) is 10.3. The first kappa shape index (κ1) is 13.3. The fourth-order valence-corrected chi connectivity index (χ4v) is 2.65. The van der Waals surface area contributed by atoms with Gasteiger partial charge in [0, 0.05) is 24.7 Å². The van der Waals surface area contributed by atoms with Gasteiger partial charge >= 0.3 is 0 Å². The zero-order chi connectivity index (χ0) is 14.7. The van der Waals surface area contributed by atoms with E-state index < -0.39 is 0 Å². The summed E-state index contributed by atoms with van der Waals surface area (Å²) in [6.07, 6.45) is 9.89. The highest BCUT2D eigenvalue weighted by Gasteiger charge is 2.36. The number of rotatable bonds is 4. The third-order valence-electron chi connectivity index (χ3n) is 3.73. The maximum atomic E-state index is 8.94. The van der Waals surface area contributed by atoms with E-state index in [0.29, 0.717) is 12.1 Å². The Labute approximate surface area is 123 Å². The monoisotopic (exact) mass is 277 g/mol. The second kappa shape index (κ2) is 5.39. The minimum atomic E-state index is -0.388. The topological polar surface area (TPSA) is 68.4 Å². The van der Waals surface area contributed by atoms with Crippen molar-refractivity contribution in [3.05, 3.63) is 71.1 Å². The highest BCUT2D eigenvalue weighted by molar-refractivity contribution is 5.87. The van der Waals surface area contributed by atoms with Gasteiger partial charge in [-0.05, 0) is 35.4 Å². The van der Waals surface area contributed by atoms with E-state index >= 15 is 0 Å². The number of allylic oxidation sites excluding steroid dienone is 4. The van der Waals surface area contributed by atoms with E-state index in [0.717, 1.165) is 16.8 Å². The van der Waals surface area contributed by atoms with Crippen molar-refractivity contribution >= 4 is 6.21 Å². The smallest absolute Gasteiger partial charge is 0.0991 e. The average molecular weight is 277 g/mol. The molecule has 0 saturated carbocycles. The molecule has 1 aliphatic carbocycles. The van der Waals surface area contributed by atoms with Gasteiger partial charge in [-0.25, -0.2) is 0 Å². The number of benzene rings is 1. The van der Waals surface area contributed by atoms with Crippen LogP contribution in [0.15, 0.2) is 65.0 Å². The number of hydrogen-bond donors (Lipinski definition) is 2. The largest absolute Gasteiger partial charge is 0.395 e. The zero-order valence-electron chi connectivity index (χ0n) is 11.5. The molecule has 4 heteroatoms. The van der Waals surface area contributed by atoms with Crippen LogP contribution in [0.4, 0.5) is 0 Å². The fourth-order valence-electron chi connectivity index (χ4n) is 2.65. The lowest BCUT2D eigenvalue weighted by Gasteiger charge is -2.29. The molecule has 0 saturated heterocycles. The predicted octanol–water partition coefficient (Wildman–Crippen LogP) is 1.80. The van der Waals surface area contributed by atoms with Gasteiger partial charge in [0.1, 0.15) is 0 Å². The van der Waals surface area contributed by atoms with Crippen molar-refractivity contribution in [1.29, 1.82) is 5.26 Å². The summed E-state index contributed by atoms with van der Waals surface area (Å²) in [7, 11) is 0. The molecule has 0 bridgehead atoms. The minimum absolute atomic E-state index is 0.0891. The quantitative estimate of drug-likeness (QED) is 0.881. The predicted molar refractivity (Wildman–Crippen MR) is 81.7 cm³/mol. The number of aliphatic hydroxyl groups excluding tert-OH is 1. The van der Waals surface area contributed by atoms with Gasteiger partial charge in [-0.3, -0.25) is 4.99 Å². The summed E-state index contributed by atoms with van der Waals surface area (Å²) in [5.41, 5.74) is 3.38. The van der Waals surface area contributed by atoms with E-state index in [1.54, 1.807) is 0 Å². The van der Waals surface area contributed by atoms with Gasteiger partial charge in [0.2, 0.25) is 0 Å². The molecule has 0 fully saturated rings. The highest BCUT2D eigenvalue weighted by Crippen LogP contribution is 2.39. The standard InChI is InChI=1S/C17H15N3O/c18-10-13-1-3-14(4-2-13)17-9-16(20-7-8-21)6-5-15(17)11-19-12-17/h1-6,9,11-12,20-21H,7-8H2. The van der Waals surface area contributed by atoms with E-state index in [9.17, 15) is 0 Å². The summed E-state index contributed by atoms with van der Waals surface area (Å²) in [6.45, 7) is 0.599. The van der Waals surface area contributed by atoms with Crippen LogP contribution in [0.2, 0.25) is 0 Å². The SMILES string of the molecule is N#Cc1ccc(C23C=NC=C2C=CC(NCCO)=C3)cc1. The molecule has 104 valence electrons. The van der Waals surface area contributed by atoms with Crippen LogP contribution in [-0.4, -0.2) is 24.5 Å².